The van der Waals surface area contributed by atoms with Crippen LogP contribution in [0.2, 0.25) is 0 Å². The fourth-order valence-corrected chi connectivity index (χ4v) is 5.71. The molecule has 1 aromatic carbocycles. The van der Waals surface area contributed by atoms with Crippen molar-refractivity contribution in [1.29, 1.82) is 0 Å². The smallest absolute Gasteiger partial charge is 0.255 e. The maximum Gasteiger partial charge on any atom is 0.255 e. The van der Waals surface area contributed by atoms with E-state index in [0.717, 1.165) is 0 Å². The summed E-state index contributed by atoms with van der Waals surface area (Å²) in [5.41, 5.74) is 3.14. The van der Waals surface area contributed by atoms with Crippen molar-refractivity contribution >= 4 is 29.4 Å². The Morgan fingerprint density at radius 2 is 1.95 bits per heavy atom. The van der Waals surface area contributed by atoms with E-state index in [2.05, 4.69) is 31.2 Å². The molecular weight excluding hydrogens is 494 g/mol. The van der Waals surface area contributed by atoms with Gasteiger partial charge in [0.15, 0.2) is 11.4 Å². The molecule has 0 bridgehead atoms. The molecule has 0 radical (unpaired) electrons. The number of carbonyl (C=O) groups excluding carboxylic acids is 3. The van der Waals surface area contributed by atoms with Crippen molar-refractivity contribution < 1.29 is 39.6 Å². The summed E-state index contributed by atoms with van der Waals surface area (Å²) in [5.74, 6) is -6.59. The van der Waals surface area contributed by atoms with Gasteiger partial charge in [0.1, 0.15) is 30.0 Å². The summed E-state index contributed by atoms with van der Waals surface area (Å²) in [6.07, 6.45) is 1.31. The molecule has 0 aliphatic heterocycles. The molecule has 4 rings (SSSR count). The average Bonchev–Trinajstić information content (AvgIpc) is 2.81. The molecule has 1 aromatic rings. The maximum atomic E-state index is 13.7. The zero-order valence-electron chi connectivity index (χ0n) is 21.8. The number of aliphatic hydroxyl groups is 3. The van der Waals surface area contributed by atoms with Gasteiger partial charge in [-0.1, -0.05) is 25.9 Å². The van der Waals surface area contributed by atoms with Crippen LogP contribution in [-0.4, -0.2) is 63.4 Å². The van der Waals surface area contributed by atoms with E-state index < -0.39 is 52.0 Å². The summed E-state index contributed by atoms with van der Waals surface area (Å²) >= 11 is 0. The zero-order chi connectivity index (χ0) is 28.2. The topological polar surface area (TPSA) is 192 Å². The highest BCUT2D eigenvalue weighted by Gasteiger charge is 2.60. The lowest BCUT2D eigenvalue weighted by atomic mass is 9.59. The molecule has 0 spiro atoms. The van der Waals surface area contributed by atoms with Gasteiger partial charge in [-0.2, -0.15) is 0 Å². The zero-order valence-corrected chi connectivity index (χ0v) is 21.8. The largest absolute Gasteiger partial charge is 0.508 e. The molecule has 7 N–H and O–H groups in total. The number of amides is 1. The van der Waals surface area contributed by atoms with Crippen molar-refractivity contribution in [3.05, 3.63) is 45.2 Å². The van der Waals surface area contributed by atoms with Crippen LogP contribution < -0.4 is 11.1 Å². The molecule has 11 nitrogen and oxygen atoms in total. The molecule has 3 atom stereocenters. The molecule has 1 amide bonds. The Labute approximate surface area is 219 Å². The molecule has 1 saturated carbocycles. The average molecular weight is 528 g/mol. The van der Waals surface area contributed by atoms with Crippen molar-refractivity contribution in [3.8, 4) is 5.75 Å². The molecule has 204 valence electrons. The Hall–Kier alpha value is -3.70. The summed E-state index contributed by atoms with van der Waals surface area (Å²) in [4.78, 5) is 42.8. The van der Waals surface area contributed by atoms with Gasteiger partial charge in [0.2, 0.25) is 5.78 Å². The van der Waals surface area contributed by atoms with Crippen LogP contribution in [0.1, 0.15) is 55.9 Å². The first-order valence-electron chi connectivity index (χ1n) is 12.3. The first-order chi connectivity index (χ1) is 17.7. The Bertz CT molecular complexity index is 1320. The van der Waals surface area contributed by atoms with Crippen LogP contribution in [0.5, 0.6) is 5.75 Å². The number of Topliss-reactive ketones (excluding diaryl/α,β-unsaturated/α-hetero) is 2. The summed E-state index contributed by atoms with van der Waals surface area (Å²) in [6.45, 7) is 7.06. The van der Waals surface area contributed by atoms with Crippen molar-refractivity contribution in [2.45, 2.75) is 52.2 Å². The summed E-state index contributed by atoms with van der Waals surface area (Å²) in [5, 5.41) is 51.8. The number of nitrogens with one attached hydrogen (secondary N) is 1. The molecule has 0 heterocycles. The van der Waals surface area contributed by atoms with E-state index in [4.69, 9.17) is 10.6 Å². The van der Waals surface area contributed by atoms with Crippen LogP contribution in [-0.2, 0) is 32.2 Å². The normalized spacial score (nSPS) is 25.4. The monoisotopic (exact) mass is 527 g/mol. The third-order valence-electron chi connectivity index (χ3n) is 7.45. The van der Waals surface area contributed by atoms with Crippen molar-refractivity contribution in [3.63, 3.8) is 0 Å². The standard InChI is InChI=1S/C27H33N3O8/c1-26(2,3)11-29-9-14-5-13(10-30-38-4)16-7-12-6-15-8-17(31)20(25(28)36)24(35)27(15,37)23(34)18(12)22(33)19(16)21(14)32/h5,10,12,15,29,32-33,35,37H,6-9,11H2,1-4H3,(H2,28,36)/b30-10+/t12-,15+,27+/m1/s1. The van der Waals surface area contributed by atoms with Gasteiger partial charge in [0.25, 0.3) is 5.91 Å². The number of rotatable bonds is 6. The van der Waals surface area contributed by atoms with E-state index in [0.29, 0.717) is 23.2 Å². The number of primary amides is 1. The van der Waals surface area contributed by atoms with Crippen molar-refractivity contribution in [2.75, 3.05) is 13.7 Å². The molecule has 3 aliphatic carbocycles. The minimum absolute atomic E-state index is 0.0183. The number of aromatic hydroxyl groups is 1. The Kier molecular flexibility index (Phi) is 6.87. The van der Waals surface area contributed by atoms with Crippen LogP contribution in [0, 0.1) is 17.3 Å². The second-order valence-electron chi connectivity index (χ2n) is 11.3. The Morgan fingerprint density at radius 1 is 1.26 bits per heavy atom. The number of oxime groups is 1. The first-order valence-corrected chi connectivity index (χ1v) is 12.3. The van der Waals surface area contributed by atoms with Crippen molar-refractivity contribution in [1.82, 2.24) is 5.32 Å². The number of aliphatic hydroxyl groups excluding tert-OH is 2. The highest BCUT2D eigenvalue weighted by Crippen LogP contribution is 2.52. The lowest BCUT2D eigenvalue weighted by Crippen LogP contribution is -2.58. The maximum absolute atomic E-state index is 13.7. The molecule has 0 aromatic heterocycles. The van der Waals surface area contributed by atoms with Gasteiger partial charge >= 0.3 is 0 Å². The molecule has 3 aliphatic rings. The van der Waals surface area contributed by atoms with Crippen LogP contribution in [0.25, 0.3) is 5.76 Å². The fraction of sp³-hybridized carbons (Fsp3) is 0.481. The van der Waals surface area contributed by atoms with E-state index in [1.165, 1.54) is 13.3 Å². The Morgan fingerprint density at radius 3 is 2.55 bits per heavy atom. The van der Waals surface area contributed by atoms with Crippen LogP contribution in [0.3, 0.4) is 0 Å². The number of ketones is 2. The number of hydrogen-bond acceptors (Lipinski definition) is 10. The first kappa shape index (κ1) is 27.3. The fourth-order valence-electron chi connectivity index (χ4n) is 5.71. The van der Waals surface area contributed by atoms with Gasteiger partial charge in [0.05, 0.1) is 11.8 Å². The third-order valence-corrected chi connectivity index (χ3v) is 7.45. The predicted octanol–water partition coefficient (Wildman–Crippen LogP) is 1.54. The summed E-state index contributed by atoms with van der Waals surface area (Å²) in [6, 6.07) is 1.73. The predicted molar refractivity (Wildman–Crippen MR) is 137 cm³/mol. The van der Waals surface area contributed by atoms with Gasteiger partial charge in [-0.25, -0.2) is 0 Å². The van der Waals surface area contributed by atoms with Gasteiger partial charge in [-0.05, 0) is 35.8 Å². The van der Waals surface area contributed by atoms with E-state index in [1.54, 1.807) is 6.07 Å². The van der Waals surface area contributed by atoms with Gasteiger partial charge in [-0.15, -0.1) is 0 Å². The van der Waals surface area contributed by atoms with E-state index in [1.807, 2.05) is 0 Å². The number of benzene rings is 1. The molecule has 11 heteroatoms. The Balaban J connectivity index is 1.87. The number of fused-ring (bicyclic) bond motifs is 3. The van der Waals surface area contributed by atoms with Crippen molar-refractivity contribution in [2.24, 2.45) is 28.1 Å². The second-order valence-corrected chi connectivity index (χ2v) is 11.3. The minimum Gasteiger partial charge on any atom is -0.508 e. The molecule has 0 unspecified atom stereocenters. The van der Waals surface area contributed by atoms with Gasteiger partial charge in [0, 0.05) is 42.1 Å². The van der Waals surface area contributed by atoms with E-state index >= 15 is 0 Å². The van der Waals surface area contributed by atoms with E-state index in [9.17, 15) is 34.8 Å². The summed E-state index contributed by atoms with van der Waals surface area (Å²) in [7, 11) is 1.38. The molecular formula is C27H33N3O8. The number of carbonyl (C=O) groups is 3. The molecule has 0 saturated heterocycles. The molecule has 1 fully saturated rings. The SMILES string of the molecule is CO/N=C/c1cc(CNCC(C)(C)C)c(O)c2c1C[C@H]1C[C@H]3CC(=O)C(C(N)=O)=C(O)[C@@]3(O)C(=O)C1=C2O. The van der Waals surface area contributed by atoms with Crippen LogP contribution >= 0.6 is 0 Å². The number of phenols is 1. The van der Waals surface area contributed by atoms with E-state index in [-0.39, 0.29) is 48.1 Å². The number of hydrogen-bond donors (Lipinski definition) is 6. The molecule has 38 heavy (non-hydrogen) atoms. The third kappa shape index (κ3) is 4.35. The highest BCUT2D eigenvalue weighted by molar-refractivity contribution is 6.22. The number of phenolic OH excluding ortho intramolecular Hbond substituents is 1. The highest BCUT2D eigenvalue weighted by atomic mass is 16.6. The summed E-state index contributed by atoms with van der Waals surface area (Å²) < 4.78 is 0. The van der Waals surface area contributed by atoms with Gasteiger partial charge < -0.3 is 36.3 Å². The number of nitrogens with zero attached hydrogens (tertiary/aromatic N) is 1. The quantitative estimate of drug-likeness (QED) is 0.181. The van der Waals surface area contributed by atoms with Gasteiger partial charge in [-0.3, -0.25) is 14.4 Å². The van der Waals surface area contributed by atoms with Crippen LogP contribution in [0.15, 0.2) is 28.1 Å². The lowest BCUT2D eigenvalue weighted by Gasteiger charge is -2.46. The lowest BCUT2D eigenvalue weighted by molar-refractivity contribution is -0.147. The number of nitrogens with two attached hydrogens (primary N) is 1. The second kappa shape index (κ2) is 9.55. The van der Waals surface area contributed by atoms with Crippen LogP contribution in [0.4, 0.5) is 0 Å². The minimum atomic E-state index is -2.60.